The highest BCUT2D eigenvalue weighted by Gasteiger charge is 2.30. The molecule has 0 bridgehead atoms. The molecule has 2 unspecified atom stereocenters. The first-order chi connectivity index (χ1) is 16.9. The molecule has 184 valence electrons. The topological polar surface area (TPSA) is 48.6 Å². The molecule has 0 spiro atoms. The van der Waals surface area contributed by atoms with Gasteiger partial charge in [-0.15, -0.1) is 0 Å². The molecule has 1 aliphatic heterocycles. The Labute approximate surface area is 211 Å². The molecule has 4 rings (SSSR count). The summed E-state index contributed by atoms with van der Waals surface area (Å²) in [4.78, 5) is 7.70. The number of ether oxygens (including phenoxy) is 1. The Morgan fingerprint density at radius 2 is 1.97 bits per heavy atom. The number of benzene rings is 2. The number of nitrogens with zero attached hydrogens (tertiary/aromatic N) is 3. The molecule has 0 N–H and O–H groups in total. The van der Waals surface area contributed by atoms with Crippen LogP contribution < -0.4 is 4.74 Å². The van der Waals surface area contributed by atoms with E-state index in [4.69, 9.17) is 9.73 Å². The average molecular weight is 470 g/mol. The second kappa shape index (κ2) is 11.2. The molecule has 4 heteroatoms. The average Bonchev–Trinajstić information content (AvgIpc) is 3.53. The van der Waals surface area contributed by atoms with Crippen molar-refractivity contribution in [2.24, 2.45) is 10.9 Å². The first-order valence-corrected chi connectivity index (χ1v) is 13.2. The van der Waals surface area contributed by atoms with Crippen molar-refractivity contribution < 1.29 is 4.74 Å². The van der Waals surface area contributed by atoms with Crippen LogP contribution in [0.3, 0.4) is 0 Å². The summed E-state index contributed by atoms with van der Waals surface area (Å²) in [6, 6.07) is 15.5. The fraction of sp³-hybridized carbons (Fsp3) is 0.484. The Morgan fingerprint density at radius 3 is 2.66 bits per heavy atom. The highest BCUT2D eigenvalue weighted by molar-refractivity contribution is 6.03. The van der Waals surface area contributed by atoms with Crippen molar-refractivity contribution >= 4 is 11.3 Å². The number of likely N-dealkylation sites (tertiary alicyclic amines) is 1. The van der Waals surface area contributed by atoms with Gasteiger partial charge in [-0.1, -0.05) is 32.0 Å². The zero-order valence-electron chi connectivity index (χ0n) is 22.0. The largest absolute Gasteiger partial charge is 0.490 e. The van der Waals surface area contributed by atoms with Crippen LogP contribution in [0.25, 0.3) is 5.57 Å². The van der Waals surface area contributed by atoms with Crippen LogP contribution in [-0.4, -0.2) is 29.8 Å². The molecular formula is C31H39N3O. The molecule has 0 radical (unpaired) electrons. The van der Waals surface area contributed by atoms with Gasteiger partial charge in [0.2, 0.25) is 0 Å². The van der Waals surface area contributed by atoms with E-state index in [0.717, 1.165) is 24.1 Å². The highest BCUT2D eigenvalue weighted by atomic mass is 16.5. The van der Waals surface area contributed by atoms with Crippen molar-refractivity contribution in [1.29, 1.82) is 5.26 Å². The number of hydrogen-bond acceptors (Lipinski definition) is 4. The van der Waals surface area contributed by atoms with Crippen LogP contribution in [0, 0.1) is 17.2 Å². The Kier molecular flexibility index (Phi) is 8.08. The third-order valence-corrected chi connectivity index (χ3v) is 7.48. The molecule has 2 aromatic rings. The molecule has 2 aliphatic rings. The predicted octanol–water partition coefficient (Wildman–Crippen LogP) is 7.32. The summed E-state index contributed by atoms with van der Waals surface area (Å²) in [6.45, 7) is 13.0. The van der Waals surface area contributed by atoms with Gasteiger partial charge in [-0.05, 0) is 118 Å². The van der Waals surface area contributed by atoms with Gasteiger partial charge in [-0.3, -0.25) is 9.89 Å². The third-order valence-electron chi connectivity index (χ3n) is 7.48. The number of hydrogen-bond donors (Lipinski definition) is 0. The van der Waals surface area contributed by atoms with E-state index in [1.807, 2.05) is 38.2 Å². The number of nitriles is 1. The molecule has 2 aromatic carbocycles. The normalized spacial score (nSPS) is 19.6. The Morgan fingerprint density at radius 1 is 1.20 bits per heavy atom. The van der Waals surface area contributed by atoms with E-state index in [0.29, 0.717) is 17.4 Å². The van der Waals surface area contributed by atoms with Gasteiger partial charge in [0.05, 0.1) is 17.4 Å². The fourth-order valence-corrected chi connectivity index (χ4v) is 5.48. The van der Waals surface area contributed by atoms with Crippen LogP contribution in [0.4, 0.5) is 0 Å². The Hall–Kier alpha value is -2.90. The minimum absolute atomic E-state index is 0.0268. The van der Waals surface area contributed by atoms with Gasteiger partial charge in [-0.25, -0.2) is 0 Å². The molecule has 0 aromatic heterocycles. The second-order valence-corrected chi connectivity index (χ2v) is 10.3. The minimum atomic E-state index is 0.0268. The lowest BCUT2D eigenvalue weighted by molar-refractivity contribution is 0.241. The Bertz CT molecular complexity index is 1150. The standard InChI is InChI=1S/C31H39N3O/c1-6-22(4)31(24-12-15-30(35-21(2)3)25(18-24)19-32)33-20-23(5)26-10-9-11-28-27(26)13-14-29(28)34-16-7-8-17-34/h9-12,15,18,20-22,29H,6-8,13-14,16-17H2,1-5H3/b23-20+,33-31?. The van der Waals surface area contributed by atoms with E-state index < -0.39 is 0 Å². The van der Waals surface area contributed by atoms with Crippen LogP contribution in [0.5, 0.6) is 5.75 Å². The van der Waals surface area contributed by atoms with Gasteiger partial charge < -0.3 is 4.74 Å². The maximum atomic E-state index is 9.70. The van der Waals surface area contributed by atoms with Crippen LogP contribution in [0.15, 0.2) is 47.6 Å². The molecular weight excluding hydrogens is 430 g/mol. The van der Waals surface area contributed by atoms with Gasteiger partial charge in [0.15, 0.2) is 0 Å². The number of rotatable bonds is 8. The van der Waals surface area contributed by atoms with E-state index in [2.05, 4.69) is 49.9 Å². The fourth-order valence-electron chi connectivity index (χ4n) is 5.48. The lowest BCUT2D eigenvalue weighted by atomic mass is 9.94. The number of fused-ring (bicyclic) bond motifs is 1. The molecule has 1 aliphatic carbocycles. The monoisotopic (exact) mass is 469 g/mol. The molecule has 4 nitrogen and oxygen atoms in total. The summed E-state index contributed by atoms with van der Waals surface area (Å²) >= 11 is 0. The van der Waals surface area contributed by atoms with Crippen LogP contribution in [0.2, 0.25) is 0 Å². The maximum Gasteiger partial charge on any atom is 0.137 e. The van der Waals surface area contributed by atoms with Crippen molar-refractivity contribution in [3.63, 3.8) is 0 Å². The quantitative estimate of drug-likeness (QED) is 0.380. The van der Waals surface area contributed by atoms with Crippen molar-refractivity contribution in [2.45, 2.75) is 78.9 Å². The van der Waals surface area contributed by atoms with Gasteiger partial charge >= 0.3 is 0 Å². The van der Waals surface area contributed by atoms with Gasteiger partial charge in [0.1, 0.15) is 11.8 Å². The van der Waals surface area contributed by atoms with E-state index in [-0.39, 0.29) is 12.0 Å². The molecule has 0 saturated carbocycles. The van der Waals surface area contributed by atoms with E-state index >= 15 is 0 Å². The lowest BCUT2D eigenvalue weighted by Crippen LogP contribution is -2.23. The summed E-state index contributed by atoms with van der Waals surface area (Å²) in [7, 11) is 0. The zero-order chi connectivity index (χ0) is 24.9. The van der Waals surface area contributed by atoms with Gasteiger partial charge in [-0.2, -0.15) is 5.26 Å². The van der Waals surface area contributed by atoms with Crippen LogP contribution in [0.1, 0.15) is 94.2 Å². The van der Waals surface area contributed by atoms with Crippen molar-refractivity contribution in [3.8, 4) is 11.8 Å². The lowest BCUT2D eigenvalue weighted by Gasteiger charge is -2.24. The summed E-state index contributed by atoms with van der Waals surface area (Å²) in [5.74, 6) is 0.914. The molecule has 2 atom stereocenters. The molecule has 1 fully saturated rings. The van der Waals surface area contributed by atoms with E-state index in [1.165, 1.54) is 54.6 Å². The van der Waals surface area contributed by atoms with Crippen LogP contribution >= 0.6 is 0 Å². The third kappa shape index (κ3) is 5.52. The second-order valence-electron chi connectivity index (χ2n) is 10.3. The Balaban J connectivity index is 1.66. The first-order valence-electron chi connectivity index (χ1n) is 13.2. The number of allylic oxidation sites excluding steroid dienone is 1. The molecule has 35 heavy (non-hydrogen) atoms. The van der Waals surface area contributed by atoms with Gasteiger partial charge in [0, 0.05) is 12.2 Å². The summed E-state index contributed by atoms with van der Waals surface area (Å²) in [6.07, 6.45) is 8.07. The maximum absolute atomic E-state index is 9.70. The van der Waals surface area contributed by atoms with E-state index in [9.17, 15) is 5.26 Å². The van der Waals surface area contributed by atoms with Crippen molar-refractivity contribution in [2.75, 3.05) is 13.1 Å². The molecule has 1 heterocycles. The van der Waals surface area contributed by atoms with Crippen molar-refractivity contribution in [1.82, 2.24) is 4.90 Å². The predicted molar refractivity (Wildman–Crippen MR) is 145 cm³/mol. The summed E-state index contributed by atoms with van der Waals surface area (Å²) in [5.41, 5.74) is 8.11. The smallest absolute Gasteiger partial charge is 0.137 e. The summed E-state index contributed by atoms with van der Waals surface area (Å²) in [5, 5.41) is 9.70. The molecule has 1 saturated heterocycles. The number of aliphatic imine (C=N–C) groups is 1. The van der Waals surface area contributed by atoms with Gasteiger partial charge in [0.25, 0.3) is 0 Å². The first kappa shape index (κ1) is 25.2. The summed E-state index contributed by atoms with van der Waals surface area (Å²) < 4.78 is 5.82. The van der Waals surface area contributed by atoms with Crippen LogP contribution in [-0.2, 0) is 6.42 Å². The van der Waals surface area contributed by atoms with Crippen molar-refractivity contribution in [3.05, 3.63) is 70.4 Å². The van der Waals surface area contributed by atoms with E-state index in [1.54, 1.807) is 0 Å². The minimum Gasteiger partial charge on any atom is -0.490 e. The zero-order valence-corrected chi connectivity index (χ0v) is 22.0. The highest BCUT2D eigenvalue weighted by Crippen LogP contribution is 2.40. The SMILES string of the molecule is CCC(C)C(=N/C=C(\C)c1cccc2c1CCC2N1CCCC1)c1ccc(OC(C)C)c(C#N)c1. The molecule has 0 amide bonds.